The van der Waals surface area contributed by atoms with Crippen LogP contribution < -0.4 is 15.6 Å². The van der Waals surface area contributed by atoms with Crippen LogP contribution in [0.1, 0.15) is 21.7 Å². The highest BCUT2D eigenvalue weighted by molar-refractivity contribution is 7.89. The number of carbonyl (C=O) groups is 2. The lowest BCUT2D eigenvalue weighted by Crippen LogP contribution is -2.53. The molecule has 3 rings (SSSR count). The van der Waals surface area contributed by atoms with Gasteiger partial charge in [-0.15, -0.1) is 0 Å². The molecule has 2 amide bonds. The van der Waals surface area contributed by atoms with Gasteiger partial charge < -0.3 is 4.42 Å². The van der Waals surface area contributed by atoms with Gasteiger partial charge in [0.15, 0.2) is 0 Å². The molecule has 8 nitrogen and oxygen atoms in total. The summed E-state index contributed by atoms with van der Waals surface area (Å²) in [6, 6.07) is 13.6. The third-order valence-corrected chi connectivity index (χ3v) is 5.93. The number of benzene rings is 2. The van der Waals surface area contributed by atoms with Gasteiger partial charge in [0.05, 0.1) is 11.8 Å². The zero-order valence-corrected chi connectivity index (χ0v) is 17.3. The molecule has 162 valence electrons. The Morgan fingerprint density at radius 3 is 2.32 bits per heavy atom. The lowest BCUT2D eigenvalue weighted by Gasteiger charge is -2.19. The molecule has 1 atom stereocenters. The number of hydrogen-bond acceptors (Lipinski definition) is 5. The molecule has 0 aliphatic rings. The van der Waals surface area contributed by atoms with Crippen LogP contribution in [0.15, 0.2) is 76.2 Å². The number of hydrazine groups is 1. The highest BCUT2D eigenvalue weighted by Gasteiger charge is 2.28. The summed E-state index contributed by atoms with van der Waals surface area (Å²) in [6.45, 7) is 1.58. The Balaban J connectivity index is 1.79. The van der Waals surface area contributed by atoms with Crippen LogP contribution in [-0.2, 0) is 21.2 Å². The first-order chi connectivity index (χ1) is 14.8. The summed E-state index contributed by atoms with van der Waals surface area (Å²) in [5, 5.41) is 0. The van der Waals surface area contributed by atoms with Crippen LogP contribution in [0.25, 0.3) is 0 Å². The van der Waals surface area contributed by atoms with Crippen molar-refractivity contribution in [1.29, 1.82) is 0 Å². The van der Waals surface area contributed by atoms with Crippen LogP contribution in [0, 0.1) is 12.7 Å². The first-order valence-electron chi connectivity index (χ1n) is 9.23. The van der Waals surface area contributed by atoms with E-state index in [1.54, 1.807) is 37.3 Å². The van der Waals surface area contributed by atoms with E-state index in [9.17, 15) is 22.4 Å². The molecule has 0 aliphatic heterocycles. The molecule has 3 N–H and O–H groups in total. The predicted molar refractivity (Wildman–Crippen MR) is 110 cm³/mol. The van der Waals surface area contributed by atoms with Crippen LogP contribution in [0.5, 0.6) is 0 Å². The molecule has 0 radical (unpaired) electrons. The minimum atomic E-state index is -4.36. The van der Waals surface area contributed by atoms with Crippen LogP contribution in [0.4, 0.5) is 4.39 Å². The molecule has 0 fully saturated rings. The molecule has 3 aromatic rings. The minimum Gasteiger partial charge on any atom is -0.469 e. The van der Waals surface area contributed by atoms with E-state index in [-0.39, 0.29) is 12.0 Å². The van der Waals surface area contributed by atoms with E-state index in [1.807, 2.05) is 0 Å². The van der Waals surface area contributed by atoms with E-state index in [4.69, 9.17) is 4.42 Å². The maximum atomic E-state index is 14.0. The molecule has 0 aliphatic carbocycles. The summed E-state index contributed by atoms with van der Waals surface area (Å²) in [5.41, 5.74) is 5.31. The summed E-state index contributed by atoms with van der Waals surface area (Å²) < 4.78 is 46.7. The third-order valence-electron chi connectivity index (χ3n) is 4.43. The lowest BCUT2D eigenvalue weighted by molar-refractivity contribution is -0.123. The van der Waals surface area contributed by atoms with Gasteiger partial charge in [0.1, 0.15) is 22.5 Å². The SMILES string of the molecule is Cc1occc1C(=O)NNC(=O)C(Cc1ccccc1)NS(=O)(=O)c1ccccc1F. The second kappa shape index (κ2) is 9.54. The normalized spacial score (nSPS) is 12.2. The molecule has 0 saturated carbocycles. The summed E-state index contributed by atoms with van der Waals surface area (Å²) in [6.07, 6.45) is 1.30. The third kappa shape index (κ3) is 5.56. The van der Waals surface area contributed by atoms with Crippen LogP contribution in [0.3, 0.4) is 0 Å². The van der Waals surface area contributed by atoms with Gasteiger partial charge in [-0.2, -0.15) is 4.72 Å². The fraction of sp³-hybridized carbons (Fsp3) is 0.143. The molecule has 2 aromatic carbocycles. The minimum absolute atomic E-state index is 0.0268. The maximum Gasteiger partial charge on any atom is 0.273 e. The van der Waals surface area contributed by atoms with Crippen molar-refractivity contribution in [2.45, 2.75) is 24.3 Å². The fourth-order valence-corrected chi connectivity index (χ4v) is 4.12. The highest BCUT2D eigenvalue weighted by Crippen LogP contribution is 2.15. The maximum absolute atomic E-state index is 14.0. The number of carbonyl (C=O) groups excluding carboxylic acids is 2. The van der Waals surface area contributed by atoms with Crippen LogP contribution in [-0.4, -0.2) is 26.3 Å². The Labute approximate surface area is 178 Å². The van der Waals surface area contributed by atoms with Crippen molar-refractivity contribution in [2.75, 3.05) is 0 Å². The molecule has 1 unspecified atom stereocenters. The predicted octanol–water partition coefficient (Wildman–Crippen LogP) is 2.08. The van der Waals surface area contributed by atoms with E-state index in [0.29, 0.717) is 11.3 Å². The summed E-state index contributed by atoms with van der Waals surface area (Å²) in [5.74, 6) is -2.04. The molecule has 31 heavy (non-hydrogen) atoms. The number of hydrogen-bond donors (Lipinski definition) is 3. The van der Waals surface area contributed by atoms with Gasteiger partial charge in [-0.05, 0) is 37.1 Å². The topological polar surface area (TPSA) is 118 Å². The van der Waals surface area contributed by atoms with Gasteiger partial charge >= 0.3 is 0 Å². The quantitative estimate of drug-likeness (QED) is 0.482. The molecule has 10 heteroatoms. The standard InChI is InChI=1S/C21H20FN3O5S/c1-14-16(11-12-30-14)20(26)23-24-21(27)18(13-15-7-3-2-4-8-15)25-31(28,29)19-10-6-5-9-17(19)22/h2-12,18,25H,13H2,1H3,(H,23,26)(H,24,27). The van der Waals surface area contributed by atoms with Crippen molar-refractivity contribution in [3.8, 4) is 0 Å². The van der Waals surface area contributed by atoms with E-state index in [2.05, 4.69) is 15.6 Å². The number of furan rings is 1. The number of sulfonamides is 1. The Hall–Kier alpha value is -3.50. The van der Waals surface area contributed by atoms with Gasteiger partial charge in [0.25, 0.3) is 11.8 Å². The average molecular weight is 445 g/mol. The zero-order valence-electron chi connectivity index (χ0n) is 16.5. The Morgan fingerprint density at radius 2 is 1.68 bits per heavy atom. The fourth-order valence-electron chi connectivity index (χ4n) is 2.84. The van der Waals surface area contributed by atoms with E-state index in [1.165, 1.54) is 24.5 Å². The van der Waals surface area contributed by atoms with Crippen molar-refractivity contribution in [3.05, 3.63) is 89.6 Å². The molecular formula is C21H20FN3O5S. The molecule has 0 bridgehead atoms. The van der Waals surface area contributed by atoms with E-state index >= 15 is 0 Å². The average Bonchev–Trinajstić information content (AvgIpc) is 3.18. The van der Waals surface area contributed by atoms with Crippen molar-refractivity contribution in [3.63, 3.8) is 0 Å². The smallest absolute Gasteiger partial charge is 0.273 e. The van der Waals surface area contributed by atoms with Gasteiger partial charge in [0, 0.05) is 0 Å². The van der Waals surface area contributed by atoms with E-state index < -0.39 is 38.6 Å². The summed E-state index contributed by atoms with van der Waals surface area (Å²) in [7, 11) is -4.36. The zero-order chi connectivity index (χ0) is 22.4. The van der Waals surface area contributed by atoms with Gasteiger partial charge in [-0.3, -0.25) is 20.4 Å². The summed E-state index contributed by atoms with van der Waals surface area (Å²) in [4.78, 5) is 24.3. The second-order valence-corrected chi connectivity index (χ2v) is 8.31. The number of halogens is 1. The number of nitrogens with one attached hydrogen (secondary N) is 3. The van der Waals surface area contributed by atoms with Crippen molar-refractivity contribution in [1.82, 2.24) is 15.6 Å². The van der Waals surface area contributed by atoms with Crippen molar-refractivity contribution >= 4 is 21.8 Å². The van der Waals surface area contributed by atoms with Gasteiger partial charge in [0.2, 0.25) is 10.0 Å². The second-order valence-electron chi connectivity index (χ2n) is 6.63. The molecule has 1 aromatic heterocycles. The molecule has 1 heterocycles. The van der Waals surface area contributed by atoms with Gasteiger partial charge in [-0.25, -0.2) is 12.8 Å². The number of rotatable bonds is 7. The first kappa shape index (κ1) is 22.2. The Morgan fingerprint density at radius 1 is 1.00 bits per heavy atom. The van der Waals surface area contributed by atoms with E-state index in [0.717, 1.165) is 12.1 Å². The number of amides is 2. The highest BCUT2D eigenvalue weighted by atomic mass is 32.2. The molecular weight excluding hydrogens is 425 g/mol. The van der Waals surface area contributed by atoms with Gasteiger partial charge in [-0.1, -0.05) is 42.5 Å². The molecule has 0 spiro atoms. The lowest BCUT2D eigenvalue weighted by atomic mass is 10.1. The molecule has 0 saturated heterocycles. The van der Waals surface area contributed by atoms with Crippen LogP contribution in [0.2, 0.25) is 0 Å². The first-order valence-corrected chi connectivity index (χ1v) is 10.7. The van der Waals surface area contributed by atoms with Crippen molar-refractivity contribution < 1.29 is 26.8 Å². The number of aryl methyl sites for hydroxylation is 1. The Bertz CT molecular complexity index is 1180. The Kier molecular flexibility index (Phi) is 6.83. The largest absolute Gasteiger partial charge is 0.469 e. The van der Waals surface area contributed by atoms with Crippen molar-refractivity contribution in [2.24, 2.45) is 0 Å². The monoisotopic (exact) mass is 445 g/mol. The van der Waals surface area contributed by atoms with Crippen LogP contribution >= 0.6 is 0 Å². The summed E-state index contributed by atoms with van der Waals surface area (Å²) >= 11 is 0.